The largest absolute Gasteiger partial charge is 0.477 e. The molecule has 0 fully saturated rings. The molecule has 1 atom stereocenters. The van der Waals surface area contributed by atoms with Crippen LogP contribution in [0.2, 0.25) is 5.15 Å². The van der Waals surface area contributed by atoms with E-state index < -0.39 is 35.9 Å². The summed E-state index contributed by atoms with van der Waals surface area (Å²) in [6.45, 7) is 1.33. The quantitative estimate of drug-likeness (QED) is 0.239. The summed E-state index contributed by atoms with van der Waals surface area (Å²) >= 11 is 7.29. The maximum Gasteiger partial charge on any atom is 0.416 e. The minimum atomic E-state index is -4.99. The monoisotopic (exact) mass is 499 g/mol. The topological polar surface area (TPSA) is 55.3 Å². The van der Waals surface area contributed by atoms with Crippen LogP contribution in [0.4, 0.5) is 26.3 Å². The van der Waals surface area contributed by atoms with Crippen LogP contribution in [-0.2, 0) is 18.9 Å². The summed E-state index contributed by atoms with van der Waals surface area (Å²) in [6.07, 6.45) is -8.30. The smallest absolute Gasteiger partial charge is 0.416 e. The van der Waals surface area contributed by atoms with Crippen molar-refractivity contribution in [1.29, 1.82) is 0 Å². The number of nitrogens with zero attached hydrogens (tertiary/aromatic N) is 3. The second kappa shape index (κ2) is 8.97. The molecule has 0 aliphatic carbocycles. The molecule has 32 heavy (non-hydrogen) atoms. The number of amides is 1. The van der Waals surface area contributed by atoms with E-state index in [1.807, 2.05) is 0 Å². The number of carbonyl (C=O) groups is 1. The van der Waals surface area contributed by atoms with Crippen molar-refractivity contribution in [3.8, 4) is 5.88 Å². The molecular weight excluding hydrogens is 484 g/mol. The van der Waals surface area contributed by atoms with Crippen molar-refractivity contribution in [2.75, 3.05) is 19.4 Å². The number of thioether (sulfide) groups is 1. The highest BCUT2D eigenvalue weighted by Crippen LogP contribution is 2.37. The first-order valence-corrected chi connectivity index (χ1v) is 10.7. The normalized spacial score (nSPS) is 17.5. The Balaban J connectivity index is 2.05. The number of hydrogen-bond donors (Lipinski definition) is 0. The number of rotatable bonds is 3. The molecule has 0 bridgehead atoms. The third-order valence-corrected chi connectivity index (χ3v) is 5.37. The van der Waals surface area contributed by atoms with E-state index in [2.05, 4.69) is 9.97 Å². The Morgan fingerprint density at radius 3 is 2.25 bits per heavy atom. The highest BCUT2D eigenvalue weighted by atomic mass is 35.5. The summed E-state index contributed by atoms with van der Waals surface area (Å²) in [7, 11) is 0. The molecule has 2 aromatic rings. The van der Waals surface area contributed by atoms with Gasteiger partial charge in [0, 0.05) is 19.0 Å². The lowest BCUT2D eigenvalue weighted by Gasteiger charge is -2.30. The van der Waals surface area contributed by atoms with E-state index in [4.69, 9.17) is 16.3 Å². The van der Waals surface area contributed by atoms with Crippen LogP contribution in [0.3, 0.4) is 0 Å². The van der Waals surface area contributed by atoms with E-state index >= 15 is 0 Å². The first-order chi connectivity index (χ1) is 14.8. The van der Waals surface area contributed by atoms with Crippen molar-refractivity contribution in [2.24, 2.45) is 5.92 Å². The second-order valence-corrected chi connectivity index (χ2v) is 8.33. The SMILES string of the molecule is CSc1nc(Cl)c2c(n1)OC[C@@H](C)CN(Cc1cc(C(F)(F)F)cc(C(F)(F)F)c1)C2=O. The highest BCUT2D eigenvalue weighted by Gasteiger charge is 2.37. The van der Waals surface area contributed by atoms with E-state index in [1.54, 1.807) is 13.2 Å². The third-order valence-electron chi connectivity index (χ3n) is 4.55. The summed E-state index contributed by atoms with van der Waals surface area (Å²) in [5.41, 5.74) is -3.43. The molecule has 0 unspecified atom stereocenters. The fourth-order valence-electron chi connectivity index (χ4n) is 3.13. The molecule has 5 nitrogen and oxygen atoms in total. The average Bonchev–Trinajstić information content (AvgIpc) is 2.68. The third kappa shape index (κ3) is 5.40. The van der Waals surface area contributed by atoms with E-state index in [-0.39, 0.29) is 52.5 Å². The molecule has 3 rings (SSSR count). The minimum Gasteiger partial charge on any atom is -0.477 e. The van der Waals surface area contributed by atoms with Gasteiger partial charge in [-0.25, -0.2) is 4.98 Å². The van der Waals surface area contributed by atoms with Gasteiger partial charge >= 0.3 is 12.4 Å². The zero-order chi connectivity index (χ0) is 23.8. The molecule has 174 valence electrons. The van der Waals surface area contributed by atoms with Crippen molar-refractivity contribution in [3.63, 3.8) is 0 Å². The Hall–Kier alpha value is -2.21. The zero-order valence-corrected chi connectivity index (χ0v) is 18.2. The van der Waals surface area contributed by atoms with Crippen LogP contribution in [0, 0.1) is 5.92 Å². The standard InChI is InChI=1S/C19H16ClF6N3O2S/c1-9-6-29(16(30)13-14(20)27-17(32-2)28-15(13)31-8-9)7-10-3-11(18(21,22)23)5-12(4-10)19(24,25)26/h3-5,9H,6-8H2,1-2H3/t9-/m0/s1. The van der Waals surface area contributed by atoms with Crippen LogP contribution >= 0.6 is 23.4 Å². The van der Waals surface area contributed by atoms with E-state index in [0.717, 1.165) is 16.7 Å². The van der Waals surface area contributed by atoms with Crippen LogP contribution in [0.5, 0.6) is 5.88 Å². The number of benzene rings is 1. The van der Waals surface area contributed by atoms with Crippen LogP contribution in [0.25, 0.3) is 0 Å². The van der Waals surface area contributed by atoms with Gasteiger partial charge in [-0.1, -0.05) is 30.3 Å². The van der Waals surface area contributed by atoms with Gasteiger partial charge in [0.2, 0.25) is 5.88 Å². The van der Waals surface area contributed by atoms with Crippen molar-refractivity contribution in [3.05, 3.63) is 45.6 Å². The second-order valence-electron chi connectivity index (χ2n) is 7.20. The molecule has 0 radical (unpaired) electrons. The first-order valence-electron chi connectivity index (χ1n) is 9.11. The molecule has 1 aliphatic heterocycles. The number of fused-ring (bicyclic) bond motifs is 1. The lowest BCUT2D eigenvalue weighted by atomic mass is 10.0. The summed E-state index contributed by atoms with van der Waals surface area (Å²) < 4.78 is 84.7. The van der Waals surface area contributed by atoms with Gasteiger partial charge in [-0.15, -0.1) is 0 Å². The Morgan fingerprint density at radius 1 is 1.12 bits per heavy atom. The van der Waals surface area contributed by atoms with Gasteiger partial charge in [0.15, 0.2) is 5.16 Å². The van der Waals surface area contributed by atoms with Gasteiger partial charge in [0.1, 0.15) is 10.7 Å². The predicted octanol–water partition coefficient (Wildman–Crippen LogP) is 5.56. The van der Waals surface area contributed by atoms with Crippen molar-refractivity contribution < 1.29 is 35.9 Å². The molecule has 0 N–H and O–H groups in total. The highest BCUT2D eigenvalue weighted by molar-refractivity contribution is 7.98. The van der Waals surface area contributed by atoms with Crippen LogP contribution in [0.15, 0.2) is 23.4 Å². The molecule has 1 aromatic heterocycles. The number of hydrogen-bond acceptors (Lipinski definition) is 5. The van der Waals surface area contributed by atoms with Gasteiger partial charge in [0.05, 0.1) is 17.7 Å². The first kappa shape index (κ1) is 24.4. The molecular formula is C19H16ClF6N3O2S. The fourth-order valence-corrected chi connectivity index (χ4v) is 3.78. The molecule has 0 saturated heterocycles. The molecule has 2 heterocycles. The van der Waals surface area contributed by atoms with Crippen LogP contribution < -0.4 is 4.74 Å². The van der Waals surface area contributed by atoms with Gasteiger partial charge in [-0.3, -0.25) is 4.79 Å². The summed E-state index contributed by atoms with van der Waals surface area (Å²) in [4.78, 5) is 22.4. The molecule has 1 aliphatic rings. The lowest BCUT2D eigenvalue weighted by Crippen LogP contribution is -2.38. The predicted molar refractivity (Wildman–Crippen MR) is 105 cm³/mol. The maximum absolute atomic E-state index is 13.2. The van der Waals surface area contributed by atoms with E-state index in [9.17, 15) is 31.1 Å². The van der Waals surface area contributed by atoms with Gasteiger partial charge in [0.25, 0.3) is 5.91 Å². The van der Waals surface area contributed by atoms with Crippen molar-refractivity contribution in [2.45, 2.75) is 31.0 Å². The van der Waals surface area contributed by atoms with Crippen molar-refractivity contribution in [1.82, 2.24) is 14.9 Å². The van der Waals surface area contributed by atoms with Crippen molar-refractivity contribution >= 4 is 29.3 Å². The van der Waals surface area contributed by atoms with E-state index in [1.165, 1.54) is 0 Å². The Bertz CT molecular complexity index is 999. The van der Waals surface area contributed by atoms with Crippen LogP contribution in [-0.4, -0.2) is 40.2 Å². The molecule has 0 saturated carbocycles. The summed E-state index contributed by atoms with van der Waals surface area (Å²) in [6, 6.07) is 1.23. The summed E-state index contributed by atoms with van der Waals surface area (Å²) in [5, 5.41) is 0.0259. The van der Waals surface area contributed by atoms with Gasteiger partial charge < -0.3 is 9.64 Å². The number of halogens is 7. The van der Waals surface area contributed by atoms with Gasteiger partial charge in [-0.05, 0) is 30.0 Å². The minimum absolute atomic E-state index is 0.0104. The number of carbonyl (C=O) groups excluding carboxylic acids is 1. The maximum atomic E-state index is 13.2. The summed E-state index contributed by atoms with van der Waals surface area (Å²) in [5.74, 6) is -1.13. The Kier molecular flexibility index (Phi) is 6.85. The Labute approximate surface area is 188 Å². The van der Waals surface area contributed by atoms with E-state index in [0.29, 0.717) is 12.1 Å². The molecule has 13 heteroatoms. The molecule has 1 amide bonds. The number of ether oxygens (including phenoxy) is 1. The lowest BCUT2D eigenvalue weighted by molar-refractivity contribution is -0.143. The number of aromatic nitrogens is 2. The molecule has 0 spiro atoms. The fraction of sp³-hybridized carbons (Fsp3) is 0.421. The average molecular weight is 500 g/mol. The Morgan fingerprint density at radius 2 is 1.72 bits per heavy atom. The zero-order valence-electron chi connectivity index (χ0n) is 16.6. The van der Waals surface area contributed by atoms with Gasteiger partial charge in [-0.2, -0.15) is 31.3 Å². The number of alkyl halides is 6. The van der Waals surface area contributed by atoms with Crippen LogP contribution in [0.1, 0.15) is 34.0 Å². The molecule has 1 aromatic carbocycles.